The van der Waals surface area contributed by atoms with Crippen LogP contribution in [0.3, 0.4) is 0 Å². The van der Waals surface area contributed by atoms with E-state index in [0.717, 1.165) is 65.3 Å². The van der Waals surface area contributed by atoms with Crippen LogP contribution < -0.4 is 5.73 Å². The predicted molar refractivity (Wildman–Crippen MR) is 74.3 cm³/mol. The van der Waals surface area contributed by atoms with E-state index in [4.69, 9.17) is 15.2 Å². The summed E-state index contributed by atoms with van der Waals surface area (Å²) in [5.41, 5.74) is 5.72. The minimum Gasteiger partial charge on any atom is -0.381 e. The first-order valence-electron chi connectivity index (χ1n) is 7.72. The summed E-state index contributed by atoms with van der Waals surface area (Å²) < 4.78 is 10.8. The summed E-state index contributed by atoms with van der Waals surface area (Å²) in [6.07, 6.45) is 3.06. The zero-order valence-corrected chi connectivity index (χ0v) is 12.0. The lowest BCUT2D eigenvalue weighted by molar-refractivity contribution is -0.126. The van der Waals surface area contributed by atoms with Gasteiger partial charge in [-0.3, -0.25) is 14.6 Å². The molecule has 0 radical (unpaired) electrons. The SMILES string of the molecule is NC(=O)C1C(N2CCOCC2)CCN1C1CCOCC1. The van der Waals surface area contributed by atoms with Crippen molar-refractivity contribution in [3.63, 3.8) is 0 Å². The lowest BCUT2D eigenvalue weighted by Gasteiger charge is -2.39. The van der Waals surface area contributed by atoms with Crippen LogP contribution in [0.2, 0.25) is 0 Å². The average molecular weight is 283 g/mol. The monoisotopic (exact) mass is 283 g/mol. The van der Waals surface area contributed by atoms with E-state index in [-0.39, 0.29) is 18.0 Å². The van der Waals surface area contributed by atoms with Crippen molar-refractivity contribution in [2.75, 3.05) is 46.1 Å². The molecule has 0 saturated carbocycles. The Morgan fingerprint density at radius 1 is 0.950 bits per heavy atom. The highest BCUT2D eigenvalue weighted by molar-refractivity contribution is 5.81. The second-order valence-corrected chi connectivity index (χ2v) is 5.93. The van der Waals surface area contributed by atoms with Crippen LogP contribution in [0.4, 0.5) is 0 Å². The first-order valence-corrected chi connectivity index (χ1v) is 7.72. The largest absolute Gasteiger partial charge is 0.381 e. The summed E-state index contributed by atoms with van der Waals surface area (Å²) in [5.74, 6) is -0.175. The second-order valence-electron chi connectivity index (χ2n) is 5.93. The molecule has 3 heterocycles. The van der Waals surface area contributed by atoms with E-state index in [1.54, 1.807) is 0 Å². The van der Waals surface area contributed by atoms with Crippen LogP contribution >= 0.6 is 0 Å². The molecule has 0 aromatic heterocycles. The van der Waals surface area contributed by atoms with E-state index >= 15 is 0 Å². The number of hydrogen-bond donors (Lipinski definition) is 1. The molecule has 3 saturated heterocycles. The fraction of sp³-hybridized carbons (Fsp3) is 0.929. The molecule has 2 unspecified atom stereocenters. The number of amides is 1. The van der Waals surface area contributed by atoms with E-state index in [0.29, 0.717) is 6.04 Å². The van der Waals surface area contributed by atoms with Crippen LogP contribution in [0.25, 0.3) is 0 Å². The summed E-state index contributed by atoms with van der Waals surface area (Å²) in [7, 11) is 0. The molecule has 2 atom stereocenters. The highest BCUT2D eigenvalue weighted by Crippen LogP contribution is 2.29. The Labute approximate surface area is 120 Å². The summed E-state index contributed by atoms with van der Waals surface area (Å²) in [5, 5.41) is 0. The number of rotatable bonds is 3. The van der Waals surface area contributed by atoms with Gasteiger partial charge >= 0.3 is 0 Å². The van der Waals surface area contributed by atoms with E-state index in [2.05, 4.69) is 9.80 Å². The van der Waals surface area contributed by atoms with Gasteiger partial charge in [0.2, 0.25) is 5.91 Å². The number of carbonyl (C=O) groups excluding carboxylic acids is 1. The Morgan fingerprint density at radius 2 is 1.60 bits per heavy atom. The molecule has 3 aliphatic heterocycles. The second kappa shape index (κ2) is 6.39. The predicted octanol–water partition coefficient (Wildman–Crippen LogP) is -0.574. The van der Waals surface area contributed by atoms with Gasteiger partial charge in [0.05, 0.1) is 13.2 Å². The smallest absolute Gasteiger partial charge is 0.236 e. The van der Waals surface area contributed by atoms with Crippen molar-refractivity contribution in [3.05, 3.63) is 0 Å². The molecule has 0 spiro atoms. The van der Waals surface area contributed by atoms with Crippen molar-refractivity contribution < 1.29 is 14.3 Å². The van der Waals surface area contributed by atoms with E-state index in [9.17, 15) is 4.79 Å². The van der Waals surface area contributed by atoms with Gasteiger partial charge in [-0.05, 0) is 19.3 Å². The van der Waals surface area contributed by atoms with Gasteiger partial charge in [-0.2, -0.15) is 0 Å². The van der Waals surface area contributed by atoms with Gasteiger partial charge < -0.3 is 15.2 Å². The zero-order chi connectivity index (χ0) is 13.9. The summed E-state index contributed by atoms with van der Waals surface area (Å²) in [6.45, 7) is 5.93. The molecule has 0 aromatic rings. The normalized spacial score (nSPS) is 34.4. The van der Waals surface area contributed by atoms with Gasteiger partial charge in [0, 0.05) is 44.9 Å². The molecule has 1 amide bonds. The highest BCUT2D eigenvalue weighted by Gasteiger charge is 2.44. The van der Waals surface area contributed by atoms with Crippen molar-refractivity contribution in [1.29, 1.82) is 0 Å². The van der Waals surface area contributed by atoms with Crippen LogP contribution in [-0.2, 0) is 14.3 Å². The number of primary amides is 1. The van der Waals surface area contributed by atoms with Gasteiger partial charge in [-0.25, -0.2) is 0 Å². The molecular weight excluding hydrogens is 258 g/mol. The first-order chi connectivity index (χ1) is 9.77. The van der Waals surface area contributed by atoms with E-state index < -0.39 is 0 Å². The van der Waals surface area contributed by atoms with Crippen LogP contribution in [0.5, 0.6) is 0 Å². The minimum absolute atomic E-state index is 0.142. The van der Waals surface area contributed by atoms with Crippen molar-refractivity contribution in [1.82, 2.24) is 9.80 Å². The topological polar surface area (TPSA) is 68.0 Å². The van der Waals surface area contributed by atoms with Crippen LogP contribution in [0, 0.1) is 0 Å². The third kappa shape index (κ3) is 2.83. The maximum Gasteiger partial charge on any atom is 0.236 e. The van der Waals surface area contributed by atoms with Crippen molar-refractivity contribution in [2.45, 2.75) is 37.4 Å². The lowest BCUT2D eigenvalue weighted by atomic mass is 10.0. The number of nitrogens with zero attached hydrogens (tertiary/aromatic N) is 2. The summed E-state index contributed by atoms with van der Waals surface area (Å²) >= 11 is 0. The van der Waals surface area contributed by atoms with Crippen LogP contribution in [-0.4, -0.2) is 79.9 Å². The molecule has 20 heavy (non-hydrogen) atoms. The van der Waals surface area contributed by atoms with E-state index in [1.807, 2.05) is 0 Å². The Bertz CT molecular complexity index is 315. The number of carbonyl (C=O) groups is 1. The third-order valence-corrected chi connectivity index (χ3v) is 4.87. The van der Waals surface area contributed by atoms with E-state index in [1.165, 1.54) is 0 Å². The molecular formula is C14H25N3O3. The third-order valence-electron chi connectivity index (χ3n) is 4.87. The summed E-state index contributed by atoms with van der Waals surface area (Å²) in [4.78, 5) is 16.7. The molecule has 3 fully saturated rings. The molecule has 0 aliphatic carbocycles. The molecule has 2 N–H and O–H groups in total. The number of morpholine rings is 1. The van der Waals surface area contributed by atoms with Gasteiger partial charge in [0.1, 0.15) is 6.04 Å². The maximum absolute atomic E-state index is 12.0. The van der Waals surface area contributed by atoms with Crippen molar-refractivity contribution in [2.24, 2.45) is 5.73 Å². The Hall–Kier alpha value is -0.690. The maximum atomic E-state index is 12.0. The number of hydrogen-bond acceptors (Lipinski definition) is 5. The molecule has 0 bridgehead atoms. The fourth-order valence-corrected chi connectivity index (χ4v) is 3.87. The molecule has 3 rings (SSSR count). The highest BCUT2D eigenvalue weighted by atomic mass is 16.5. The Balaban J connectivity index is 1.70. The van der Waals surface area contributed by atoms with Gasteiger partial charge in [-0.1, -0.05) is 0 Å². The zero-order valence-electron chi connectivity index (χ0n) is 12.0. The first kappa shape index (κ1) is 14.3. The quantitative estimate of drug-likeness (QED) is 0.751. The summed E-state index contributed by atoms with van der Waals surface area (Å²) in [6, 6.07) is 0.572. The van der Waals surface area contributed by atoms with Crippen molar-refractivity contribution in [3.8, 4) is 0 Å². The minimum atomic E-state index is -0.175. The molecule has 3 aliphatic rings. The molecule has 6 heteroatoms. The Kier molecular flexibility index (Phi) is 4.55. The van der Waals surface area contributed by atoms with Gasteiger partial charge in [0.25, 0.3) is 0 Å². The molecule has 114 valence electrons. The van der Waals surface area contributed by atoms with Gasteiger partial charge in [0.15, 0.2) is 0 Å². The van der Waals surface area contributed by atoms with Crippen LogP contribution in [0.1, 0.15) is 19.3 Å². The number of nitrogens with two attached hydrogens (primary N) is 1. The van der Waals surface area contributed by atoms with Crippen LogP contribution in [0.15, 0.2) is 0 Å². The number of ether oxygens (including phenoxy) is 2. The Morgan fingerprint density at radius 3 is 2.25 bits per heavy atom. The fourth-order valence-electron chi connectivity index (χ4n) is 3.87. The molecule has 0 aromatic carbocycles. The number of likely N-dealkylation sites (tertiary alicyclic amines) is 1. The lowest BCUT2D eigenvalue weighted by Crippen LogP contribution is -2.57. The standard InChI is InChI=1S/C14H25N3O3/c15-14(18)13-12(16-5-9-20-10-6-16)1-4-17(13)11-2-7-19-8-3-11/h11-13H,1-10H2,(H2,15,18). The van der Waals surface area contributed by atoms with Crippen molar-refractivity contribution >= 4 is 5.91 Å². The molecule has 6 nitrogen and oxygen atoms in total. The van der Waals surface area contributed by atoms with Gasteiger partial charge in [-0.15, -0.1) is 0 Å². The average Bonchev–Trinajstić information content (AvgIpc) is 2.94.